The lowest BCUT2D eigenvalue weighted by Crippen LogP contribution is -2.22. The van der Waals surface area contributed by atoms with Gasteiger partial charge in [-0.15, -0.1) is 0 Å². The summed E-state index contributed by atoms with van der Waals surface area (Å²) in [6.07, 6.45) is 0. The molecular formula is C14H14BrCl2N5O2. The molecule has 0 fully saturated rings. The molecular weight excluding hydrogens is 421 g/mol. The summed E-state index contributed by atoms with van der Waals surface area (Å²) in [5.41, 5.74) is 2.41. The summed E-state index contributed by atoms with van der Waals surface area (Å²) >= 11 is 14.9. The lowest BCUT2D eigenvalue weighted by molar-refractivity contribution is -0.422. The number of nitro groups is 1. The zero-order chi connectivity index (χ0) is 18.2. The summed E-state index contributed by atoms with van der Waals surface area (Å²) < 4.78 is 2.79. The number of rotatable bonds is 4. The van der Waals surface area contributed by atoms with Gasteiger partial charge in [-0.3, -0.25) is 10.1 Å². The Kier molecular flexibility index (Phi) is 5.52. The Hall–Kier alpha value is -1.64. The molecule has 0 atom stereocenters. The number of allylic oxidation sites excluding steroid dienone is 1. The Morgan fingerprint density at radius 2 is 1.50 bits per heavy atom. The van der Waals surface area contributed by atoms with E-state index in [1.54, 1.807) is 39.8 Å². The van der Waals surface area contributed by atoms with Gasteiger partial charge >= 0.3 is 5.70 Å². The highest BCUT2D eigenvalue weighted by Gasteiger charge is 2.30. The monoisotopic (exact) mass is 433 g/mol. The van der Waals surface area contributed by atoms with Gasteiger partial charge < -0.3 is 0 Å². The van der Waals surface area contributed by atoms with Crippen LogP contribution >= 0.6 is 39.1 Å². The minimum atomic E-state index is -0.603. The van der Waals surface area contributed by atoms with E-state index in [1.165, 1.54) is 9.36 Å². The number of hydrogen-bond acceptors (Lipinski definition) is 4. The smallest absolute Gasteiger partial charge is 0.258 e. The lowest BCUT2D eigenvalue weighted by atomic mass is 10.3. The number of nitrogens with zero attached hydrogens (tertiary/aromatic N) is 5. The lowest BCUT2D eigenvalue weighted by Gasteiger charge is -2.13. The zero-order valence-electron chi connectivity index (χ0n) is 13.3. The van der Waals surface area contributed by atoms with Crippen LogP contribution in [0.5, 0.6) is 0 Å². The third-order valence-corrected chi connectivity index (χ3v) is 4.47. The molecule has 0 saturated heterocycles. The second-order valence-corrected chi connectivity index (χ2v) is 7.19. The van der Waals surface area contributed by atoms with Gasteiger partial charge in [-0.05, 0) is 55.8 Å². The number of aromatic nitrogens is 4. The van der Waals surface area contributed by atoms with E-state index in [-0.39, 0.29) is 14.8 Å². The molecule has 7 nitrogen and oxygen atoms in total. The predicted molar refractivity (Wildman–Crippen MR) is 95.6 cm³/mol. The van der Waals surface area contributed by atoms with Crippen LogP contribution in [0.15, 0.2) is 26.8 Å². The number of aryl methyl sites for hydroxylation is 4. The van der Waals surface area contributed by atoms with Crippen LogP contribution < -0.4 is 0 Å². The van der Waals surface area contributed by atoms with E-state index in [4.69, 9.17) is 23.2 Å². The maximum Gasteiger partial charge on any atom is 0.334 e. The van der Waals surface area contributed by atoms with E-state index in [9.17, 15) is 10.1 Å². The molecule has 0 aromatic carbocycles. The van der Waals surface area contributed by atoms with E-state index in [0.29, 0.717) is 22.8 Å². The fourth-order valence-electron chi connectivity index (χ4n) is 2.33. The first-order valence-electron chi connectivity index (χ1n) is 6.80. The van der Waals surface area contributed by atoms with Crippen LogP contribution in [0.25, 0.3) is 0 Å². The van der Waals surface area contributed by atoms with Crippen LogP contribution in [0.2, 0.25) is 0 Å². The molecule has 0 spiro atoms. The normalized spacial score (nSPS) is 12.1. The van der Waals surface area contributed by atoms with Gasteiger partial charge in [0.05, 0.1) is 16.3 Å². The second-order valence-electron chi connectivity index (χ2n) is 5.18. The van der Waals surface area contributed by atoms with Gasteiger partial charge in [0.2, 0.25) is 5.82 Å². The van der Waals surface area contributed by atoms with Gasteiger partial charge in [-0.1, -0.05) is 23.2 Å². The van der Waals surface area contributed by atoms with Crippen molar-refractivity contribution in [2.24, 2.45) is 0 Å². The molecule has 2 aromatic rings. The van der Waals surface area contributed by atoms with Gasteiger partial charge in [-0.2, -0.15) is 10.2 Å². The predicted octanol–water partition coefficient (Wildman–Crippen LogP) is 4.12. The quantitative estimate of drug-likeness (QED) is 0.411. The SMILES string of the molecule is Cc1cc(C)n(C(=C(C(Cl)=C(Cl)Br)[N+](=O)[O-])n2nc(C)cc2C)n1. The highest BCUT2D eigenvalue weighted by Crippen LogP contribution is 2.30. The molecule has 0 saturated carbocycles. The summed E-state index contributed by atoms with van der Waals surface area (Å²) in [5, 5.41) is 20.2. The third kappa shape index (κ3) is 3.55. The highest BCUT2D eigenvalue weighted by molar-refractivity contribution is 9.12. The van der Waals surface area contributed by atoms with Gasteiger partial charge in [0.15, 0.2) is 0 Å². The molecule has 0 unspecified atom stereocenters. The zero-order valence-corrected chi connectivity index (χ0v) is 16.4. The van der Waals surface area contributed by atoms with Crippen LogP contribution in [0.4, 0.5) is 0 Å². The molecule has 128 valence electrons. The van der Waals surface area contributed by atoms with Crippen molar-refractivity contribution in [3.05, 3.63) is 65.5 Å². The first-order chi connectivity index (χ1) is 11.1. The summed E-state index contributed by atoms with van der Waals surface area (Å²) in [7, 11) is 0. The van der Waals surface area contributed by atoms with Crippen molar-refractivity contribution in [3.8, 4) is 0 Å². The molecule has 10 heteroatoms. The maximum absolute atomic E-state index is 11.7. The Morgan fingerprint density at radius 3 is 1.75 bits per heavy atom. The first kappa shape index (κ1) is 18.7. The van der Waals surface area contributed by atoms with Crippen molar-refractivity contribution >= 4 is 39.1 Å². The molecule has 0 radical (unpaired) electrons. The van der Waals surface area contributed by atoms with Crippen LogP contribution in [0.1, 0.15) is 22.8 Å². The number of halogens is 3. The largest absolute Gasteiger partial charge is 0.334 e. The molecule has 2 rings (SSSR count). The van der Waals surface area contributed by atoms with Crippen molar-refractivity contribution < 1.29 is 4.92 Å². The van der Waals surface area contributed by atoms with Crippen molar-refractivity contribution in [3.63, 3.8) is 0 Å². The number of hydrogen-bond donors (Lipinski definition) is 0. The van der Waals surface area contributed by atoms with E-state index in [0.717, 1.165) is 0 Å². The summed E-state index contributed by atoms with van der Waals surface area (Å²) in [4.78, 5) is 11.1. The molecule has 0 N–H and O–H groups in total. The Labute approximate surface area is 156 Å². The van der Waals surface area contributed by atoms with Crippen molar-refractivity contribution in [1.29, 1.82) is 0 Å². The molecule has 0 aliphatic rings. The van der Waals surface area contributed by atoms with Crippen molar-refractivity contribution in [2.45, 2.75) is 27.7 Å². The average molecular weight is 435 g/mol. The Balaban J connectivity index is 2.97. The van der Waals surface area contributed by atoms with E-state index in [1.807, 2.05) is 0 Å². The van der Waals surface area contributed by atoms with Crippen LogP contribution in [0, 0.1) is 43.6 Å². The van der Waals surface area contributed by atoms with Gasteiger partial charge in [0.25, 0.3) is 0 Å². The van der Waals surface area contributed by atoms with Gasteiger partial charge in [0, 0.05) is 11.4 Å². The third-order valence-electron chi connectivity index (χ3n) is 3.19. The van der Waals surface area contributed by atoms with Gasteiger partial charge in [0.1, 0.15) is 8.97 Å². The van der Waals surface area contributed by atoms with E-state index < -0.39 is 10.6 Å². The van der Waals surface area contributed by atoms with Crippen LogP contribution in [-0.2, 0) is 0 Å². The fourth-order valence-corrected chi connectivity index (χ4v) is 2.76. The average Bonchev–Trinajstić information content (AvgIpc) is 2.96. The Morgan fingerprint density at radius 1 is 1.08 bits per heavy atom. The Bertz CT molecular complexity index is 830. The fraction of sp³-hybridized carbons (Fsp3) is 0.286. The molecule has 0 bridgehead atoms. The molecule has 2 heterocycles. The van der Waals surface area contributed by atoms with E-state index in [2.05, 4.69) is 26.1 Å². The topological polar surface area (TPSA) is 78.8 Å². The molecule has 2 aromatic heterocycles. The summed E-state index contributed by atoms with van der Waals surface area (Å²) in [6.45, 7) is 7.17. The minimum absolute atomic E-state index is 0.0728. The van der Waals surface area contributed by atoms with Gasteiger partial charge in [-0.25, -0.2) is 9.36 Å². The van der Waals surface area contributed by atoms with Crippen LogP contribution in [-0.4, -0.2) is 24.5 Å². The minimum Gasteiger partial charge on any atom is -0.258 e. The standard InChI is InChI=1S/C14H14BrCl2N5O2/c1-7-5-9(3)20(18-7)14(21-10(4)6-8(2)19-21)12(22(23)24)11(16)13(15)17/h5-6H,1-4H3. The van der Waals surface area contributed by atoms with Crippen molar-refractivity contribution in [2.75, 3.05) is 0 Å². The summed E-state index contributed by atoms with van der Waals surface area (Å²) in [6, 6.07) is 3.60. The first-order valence-corrected chi connectivity index (χ1v) is 8.35. The van der Waals surface area contributed by atoms with Crippen molar-refractivity contribution in [1.82, 2.24) is 19.6 Å². The van der Waals surface area contributed by atoms with Crippen LogP contribution in [0.3, 0.4) is 0 Å². The molecule has 0 aliphatic carbocycles. The molecule has 0 amide bonds. The summed E-state index contributed by atoms with van der Waals surface area (Å²) in [5.74, 6) is 0.0961. The highest BCUT2D eigenvalue weighted by atomic mass is 79.9. The van der Waals surface area contributed by atoms with E-state index >= 15 is 0 Å². The second kappa shape index (κ2) is 7.08. The molecule has 0 aliphatic heterocycles. The molecule has 24 heavy (non-hydrogen) atoms. The maximum atomic E-state index is 11.7.